The lowest BCUT2D eigenvalue weighted by atomic mass is 9.91. The molecule has 0 bridgehead atoms. The highest BCUT2D eigenvalue weighted by atomic mass is 19.4. The number of aliphatic hydroxyl groups excluding tert-OH is 1. The van der Waals surface area contributed by atoms with E-state index < -0.39 is 42.1 Å². The van der Waals surface area contributed by atoms with Crippen LogP contribution in [-0.2, 0) is 5.54 Å². The van der Waals surface area contributed by atoms with Gasteiger partial charge in [0.05, 0.1) is 18.7 Å². The summed E-state index contributed by atoms with van der Waals surface area (Å²) >= 11 is 0. The molecule has 0 saturated heterocycles. The van der Waals surface area contributed by atoms with Crippen molar-refractivity contribution in [2.75, 3.05) is 13.2 Å². The summed E-state index contributed by atoms with van der Waals surface area (Å²) in [5.41, 5.74) is -2.46. The summed E-state index contributed by atoms with van der Waals surface area (Å²) in [7, 11) is 0. The van der Waals surface area contributed by atoms with Gasteiger partial charge in [-0.05, 0) is 19.1 Å². The van der Waals surface area contributed by atoms with E-state index >= 15 is 0 Å². The SMILES string of the molecule is CC(CO)(NCC(F)(F)F)c1c(F)cccc1F. The van der Waals surface area contributed by atoms with Gasteiger partial charge in [-0.1, -0.05) is 6.07 Å². The summed E-state index contributed by atoms with van der Waals surface area (Å²) in [6.45, 7) is -1.24. The molecule has 1 unspecified atom stereocenters. The van der Waals surface area contributed by atoms with Crippen LogP contribution in [0.1, 0.15) is 12.5 Å². The molecule has 2 N–H and O–H groups in total. The van der Waals surface area contributed by atoms with Crippen molar-refractivity contribution >= 4 is 0 Å². The van der Waals surface area contributed by atoms with Crippen molar-refractivity contribution in [2.24, 2.45) is 0 Å². The molecule has 0 saturated carbocycles. The second-order valence-electron chi connectivity index (χ2n) is 4.06. The Balaban J connectivity index is 3.07. The molecule has 0 aliphatic heterocycles. The van der Waals surface area contributed by atoms with Crippen molar-refractivity contribution < 1.29 is 27.1 Å². The second-order valence-corrected chi connectivity index (χ2v) is 4.06. The van der Waals surface area contributed by atoms with Crippen LogP contribution >= 0.6 is 0 Å². The molecule has 0 fully saturated rings. The van der Waals surface area contributed by atoms with Crippen LogP contribution in [0.5, 0.6) is 0 Å². The van der Waals surface area contributed by atoms with Gasteiger partial charge in [0.15, 0.2) is 0 Å². The van der Waals surface area contributed by atoms with E-state index in [4.69, 9.17) is 5.11 Å². The normalized spacial score (nSPS) is 15.5. The number of halogens is 5. The van der Waals surface area contributed by atoms with Crippen LogP contribution in [0, 0.1) is 11.6 Å². The Labute approximate surface area is 100 Å². The minimum atomic E-state index is -4.54. The summed E-state index contributed by atoms with van der Waals surface area (Å²) < 4.78 is 63.3. The fourth-order valence-corrected chi connectivity index (χ4v) is 1.54. The molecule has 1 rings (SSSR count). The molecule has 1 aromatic carbocycles. The molecule has 2 nitrogen and oxygen atoms in total. The molecule has 1 atom stereocenters. The third-order valence-electron chi connectivity index (χ3n) is 2.51. The molecule has 0 aliphatic carbocycles. The number of hydrogen-bond acceptors (Lipinski definition) is 2. The lowest BCUT2D eigenvalue weighted by molar-refractivity contribution is -0.129. The Morgan fingerprint density at radius 1 is 1.17 bits per heavy atom. The summed E-state index contributed by atoms with van der Waals surface area (Å²) in [6, 6.07) is 2.93. The third-order valence-corrected chi connectivity index (χ3v) is 2.51. The quantitative estimate of drug-likeness (QED) is 0.822. The van der Waals surface area contributed by atoms with E-state index in [-0.39, 0.29) is 0 Å². The topological polar surface area (TPSA) is 32.3 Å². The van der Waals surface area contributed by atoms with Gasteiger partial charge in [0.1, 0.15) is 11.6 Å². The minimum absolute atomic E-state index is 0.614. The zero-order chi connectivity index (χ0) is 14.0. The lowest BCUT2D eigenvalue weighted by Crippen LogP contribution is -2.48. The smallest absolute Gasteiger partial charge is 0.394 e. The first-order valence-electron chi connectivity index (χ1n) is 5.07. The highest BCUT2D eigenvalue weighted by Gasteiger charge is 2.36. The third kappa shape index (κ3) is 3.39. The fraction of sp³-hybridized carbons (Fsp3) is 0.455. The number of benzene rings is 1. The van der Waals surface area contributed by atoms with Crippen LogP contribution in [-0.4, -0.2) is 24.4 Å². The van der Waals surface area contributed by atoms with Gasteiger partial charge < -0.3 is 5.11 Å². The largest absolute Gasteiger partial charge is 0.401 e. The van der Waals surface area contributed by atoms with Crippen molar-refractivity contribution in [3.05, 3.63) is 35.4 Å². The van der Waals surface area contributed by atoms with E-state index in [1.54, 1.807) is 0 Å². The van der Waals surface area contributed by atoms with Crippen molar-refractivity contribution in [3.8, 4) is 0 Å². The predicted octanol–water partition coefficient (Wildman–Crippen LogP) is 2.32. The Hall–Kier alpha value is -1.21. The highest BCUT2D eigenvalue weighted by molar-refractivity contribution is 5.27. The fourth-order valence-electron chi connectivity index (χ4n) is 1.54. The van der Waals surface area contributed by atoms with Crippen LogP contribution in [0.3, 0.4) is 0 Å². The first kappa shape index (κ1) is 14.8. The Morgan fingerprint density at radius 2 is 1.67 bits per heavy atom. The van der Waals surface area contributed by atoms with Crippen LogP contribution < -0.4 is 5.32 Å². The molecule has 0 aliphatic rings. The number of aliphatic hydroxyl groups is 1. The molecule has 18 heavy (non-hydrogen) atoms. The van der Waals surface area contributed by atoms with Crippen molar-refractivity contribution in [1.82, 2.24) is 5.32 Å². The van der Waals surface area contributed by atoms with Gasteiger partial charge in [-0.2, -0.15) is 13.2 Å². The van der Waals surface area contributed by atoms with Gasteiger partial charge in [-0.15, -0.1) is 0 Å². The average molecular weight is 269 g/mol. The molecule has 0 radical (unpaired) electrons. The van der Waals surface area contributed by atoms with Crippen LogP contribution in [0.25, 0.3) is 0 Å². The van der Waals surface area contributed by atoms with Gasteiger partial charge in [-0.3, -0.25) is 5.32 Å². The molecule has 7 heteroatoms. The molecule has 0 spiro atoms. The van der Waals surface area contributed by atoms with E-state index in [2.05, 4.69) is 0 Å². The molecular formula is C11H12F5NO. The number of nitrogens with one attached hydrogen (secondary N) is 1. The first-order chi connectivity index (χ1) is 8.19. The molecule has 102 valence electrons. The van der Waals surface area contributed by atoms with Crippen LogP contribution in [0.2, 0.25) is 0 Å². The summed E-state index contributed by atoms with van der Waals surface area (Å²) in [5.74, 6) is -2.03. The monoisotopic (exact) mass is 269 g/mol. The zero-order valence-corrected chi connectivity index (χ0v) is 9.48. The Bertz CT molecular complexity index is 400. The molecule has 0 amide bonds. The molecule has 0 aromatic heterocycles. The zero-order valence-electron chi connectivity index (χ0n) is 9.48. The van der Waals surface area contributed by atoms with E-state index in [9.17, 15) is 22.0 Å². The minimum Gasteiger partial charge on any atom is -0.394 e. The van der Waals surface area contributed by atoms with E-state index in [1.807, 2.05) is 5.32 Å². The number of hydrogen-bond donors (Lipinski definition) is 2. The van der Waals surface area contributed by atoms with E-state index in [0.29, 0.717) is 0 Å². The second kappa shape index (κ2) is 5.19. The van der Waals surface area contributed by atoms with Crippen LogP contribution in [0.15, 0.2) is 18.2 Å². The molecule has 1 aromatic rings. The van der Waals surface area contributed by atoms with E-state index in [0.717, 1.165) is 25.1 Å². The van der Waals surface area contributed by atoms with Gasteiger partial charge in [-0.25, -0.2) is 8.78 Å². The van der Waals surface area contributed by atoms with Gasteiger partial charge in [0.2, 0.25) is 0 Å². The Kier molecular flexibility index (Phi) is 4.28. The Morgan fingerprint density at radius 3 is 2.06 bits per heavy atom. The standard InChI is InChI=1S/C11H12F5NO/c1-10(6-18,17-5-11(14,15)16)9-7(12)3-2-4-8(9)13/h2-4,17-18H,5-6H2,1H3. The maximum absolute atomic E-state index is 13.5. The van der Waals surface area contributed by atoms with Gasteiger partial charge in [0.25, 0.3) is 0 Å². The van der Waals surface area contributed by atoms with E-state index in [1.165, 1.54) is 0 Å². The van der Waals surface area contributed by atoms with Gasteiger partial charge >= 0.3 is 6.18 Å². The summed E-state index contributed by atoms with van der Waals surface area (Å²) in [5, 5.41) is 11.0. The first-order valence-corrected chi connectivity index (χ1v) is 5.07. The number of rotatable bonds is 4. The average Bonchev–Trinajstić information content (AvgIpc) is 2.25. The summed E-state index contributed by atoms with van der Waals surface area (Å²) in [4.78, 5) is 0. The van der Waals surface area contributed by atoms with Crippen molar-refractivity contribution in [2.45, 2.75) is 18.6 Å². The van der Waals surface area contributed by atoms with Gasteiger partial charge in [0, 0.05) is 5.56 Å². The van der Waals surface area contributed by atoms with Crippen LogP contribution in [0.4, 0.5) is 22.0 Å². The predicted molar refractivity (Wildman–Crippen MR) is 54.9 cm³/mol. The van der Waals surface area contributed by atoms with Crippen molar-refractivity contribution in [3.63, 3.8) is 0 Å². The lowest BCUT2D eigenvalue weighted by Gasteiger charge is -2.30. The highest BCUT2D eigenvalue weighted by Crippen LogP contribution is 2.27. The number of alkyl halides is 3. The maximum Gasteiger partial charge on any atom is 0.401 e. The molecular weight excluding hydrogens is 257 g/mol. The molecule has 0 heterocycles. The maximum atomic E-state index is 13.5. The van der Waals surface area contributed by atoms with Crippen molar-refractivity contribution in [1.29, 1.82) is 0 Å². The summed E-state index contributed by atoms with van der Waals surface area (Å²) in [6.07, 6.45) is -4.54.